The first-order valence-electron chi connectivity index (χ1n) is 16.4. The zero-order valence-electron chi connectivity index (χ0n) is 27.3. The van der Waals surface area contributed by atoms with Crippen LogP contribution < -0.4 is 15.4 Å². The van der Waals surface area contributed by atoms with Crippen LogP contribution in [-0.4, -0.2) is 79.7 Å². The molecule has 12 nitrogen and oxygen atoms in total. The summed E-state index contributed by atoms with van der Waals surface area (Å²) >= 11 is 1.47. The van der Waals surface area contributed by atoms with E-state index >= 15 is 0 Å². The zero-order valence-corrected chi connectivity index (χ0v) is 28.1. The highest BCUT2D eigenvalue weighted by molar-refractivity contribution is 7.17. The molecular formula is C35H41N5O7S. The Balaban J connectivity index is 1.31. The van der Waals surface area contributed by atoms with Crippen molar-refractivity contribution in [3.8, 4) is 17.1 Å². The quantitative estimate of drug-likeness (QED) is 0.314. The van der Waals surface area contributed by atoms with Crippen molar-refractivity contribution >= 4 is 45.4 Å². The molecule has 3 amide bonds. The molecule has 13 heteroatoms. The normalized spacial score (nSPS) is 26.4. The van der Waals surface area contributed by atoms with E-state index < -0.39 is 53.2 Å². The Labute approximate surface area is 282 Å². The molecule has 5 heterocycles. The Bertz CT molecular complexity index is 1720. The number of thiophene rings is 1. The SMILES string of the molecule is CC(C)(C)OC(=O)N[C@H]1CCCCCC=C[C@@H]2C[C@@]2(C(=O)O)NC(=O)[C@@H]2C[C@@H](Oc3cc(-c4ccccn4)nc4ccsc34)CN2C1=O. The number of amides is 3. The second-order valence-corrected chi connectivity index (χ2v) is 14.6. The van der Waals surface area contributed by atoms with E-state index in [1.165, 1.54) is 16.2 Å². The van der Waals surface area contributed by atoms with Crippen molar-refractivity contribution in [2.45, 2.75) is 95.0 Å². The van der Waals surface area contributed by atoms with Crippen LogP contribution in [0, 0.1) is 5.92 Å². The maximum Gasteiger partial charge on any atom is 0.408 e. The van der Waals surface area contributed by atoms with Gasteiger partial charge in [0, 0.05) is 24.6 Å². The van der Waals surface area contributed by atoms with E-state index in [0.29, 0.717) is 30.0 Å². The van der Waals surface area contributed by atoms with Crippen LogP contribution in [-0.2, 0) is 19.1 Å². The summed E-state index contributed by atoms with van der Waals surface area (Å²) in [7, 11) is 0. The summed E-state index contributed by atoms with van der Waals surface area (Å²) in [5.41, 5.74) is -0.172. The molecule has 5 atom stereocenters. The van der Waals surface area contributed by atoms with Crippen molar-refractivity contribution in [1.29, 1.82) is 0 Å². The lowest BCUT2D eigenvalue weighted by atomic mass is 10.0. The van der Waals surface area contributed by atoms with Gasteiger partial charge in [0.05, 0.1) is 28.1 Å². The number of alkyl carbamates (subject to hydrolysis) is 1. The smallest absolute Gasteiger partial charge is 0.408 e. The lowest BCUT2D eigenvalue weighted by Crippen LogP contribution is -2.56. The minimum atomic E-state index is -1.43. The van der Waals surface area contributed by atoms with Crippen molar-refractivity contribution in [2.75, 3.05) is 6.54 Å². The van der Waals surface area contributed by atoms with E-state index in [9.17, 15) is 24.3 Å². The van der Waals surface area contributed by atoms with E-state index in [2.05, 4.69) is 15.6 Å². The fraction of sp³-hybridized carbons (Fsp3) is 0.486. The molecule has 0 unspecified atom stereocenters. The van der Waals surface area contributed by atoms with Crippen LogP contribution in [0.2, 0.25) is 0 Å². The number of carboxylic acids is 1. The zero-order chi connectivity index (χ0) is 34.1. The Morgan fingerprint density at radius 3 is 2.73 bits per heavy atom. The number of ether oxygens (including phenoxy) is 2. The van der Waals surface area contributed by atoms with Crippen molar-refractivity contribution in [3.05, 3.63) is 54.1 Å². The van der Waals surface area contributed by atoms with Crippen molar-refractivity contribution in [3.63, 3.8) is 0 Å². The fourth-order valence-electron chi connectivity index (χ4n) is 6.44. The summed E-state index contributed by atoms with van der Waals surface area (Å²) < 4.78 is 12.9. The maximum absolute atomic E-state index is 14.3. The van der Waals surface area contributed by atoms with E-state index in [1.54, 1.807) is 27.0 Å². The van der Waals surface area contributed by atoms with E-state index in [-0.39, 0.29) is 25.3 Å². The minimum absolute atomic E-state index is 0.0565. The Morgan fingerprint density at radius 2 is 1.98 bits per heavy atom. The van der Waals surface area contributed by atoms with Gasteiger partial charge in [0.15, 0.2) is 0 Å². The van der Waals surface area contributed by atoms with Crippen LogP contribution in [0.25, 0.3) is 21.6 Å². The highest BCUT2D eigenvalue weighted by atomic mass is 32.1. The third kappa shape index (κ3) is 7.30. The van der Waals surface area contributed by atoms with Crippen LogP contribution in [0.5, 0.6) is 5.75 Å². The topological polar surface area (TPSA) is 160 Å². The maximum atomic E-state index is 14.3. The molecule has 254 valence electrons. The Hall–Kier alpha value is -4.52. The van der Waals surface area contributed by atoms with Crippen LogP contribution in [0.15, 0.2) is 54.1 Å². The molecule has 6 rings (SSSR count). The summed E-state index contributed by atoms with van der Waals surface area (Å²) in [6.07, 6.45) is 8.02. The van der Waals surface area contributed by atoms with Crippen LogP contribution in [0.4, 0.5) is 4.79 Å². The molecule has 0 spiro atoms. The Morgan fingerprint density at radius 1 is 1.15 bits per heavy atom. The molecular weight excluding hydrogens is 634 g/mol. The number of allylic oxidation sites excluding steroid dienone is 1. The highest BCUT2D eigenvalue weighted by Crippen LogP contribution is 2.45. The Kier molecular flexibility index (Phi) is 9.41. The van der Waals surface area contributed by atoms with Gasteiger partial charge in [-0.3, -0.25) is 14.6 Å². The fourth-order valence-corrected chi connectivity index (χ4v) is 7.23. The summed E-state index contributed by atoms with van der Waals surface area (Å²) in [6, 6.07) is 7.30. The predicted molar refractivity (Wildman–Crippen MR) is 179 cm³/mol. The lowest BCUT2D eigenvalue weighted by molar-refractivity contribution is -0.145. The van der Waals surface area contributed by atoms with Gasteiger partial charge in [-0.2, -0.15) is 0 Å². The number of nitrogens with zero attached hydrogens (tertiary/aromatic N) is 3. The molecule has 0 radical (unpaired) electrons. The summed E-state index contributed by atoms with van der Waals surface area (Å²) in [5.74, 6) is -1.90. The first-order chi connectivity index (χ1) is 22.9. The number of hydrogen-bond acceptors (Lipinski definition) is 9. The average molecular weight is 676 g/mol. The number of hydrogen-bond donors (Lipinski definition) is 3. The predicted octanol–water partition coefficient (Wildman–Crippen LogP) is 5.08. The summed E-state index contributed by atoms with van der Waals surface area (Å²) in [5, 5.41) is 17.6. The molecule has 1 saturated carbocycles. The molecule has 2 aliphatic heterocycles. The molecule has 3 N–H and O–H groups in total. The summed E-state index contributed by atoms with van der Waals surface area (Å²) in [4.78, 5) is 64.2. The first-order valence-corrected chi connectivity index (χ1v) is 17.3. The van der Waals surface area contributed by atoms with Crippen LogP contribution >= 0.6 is 11.3 Å². The molecule has 0 aromatic carbocycles. The standard InChI is InChI=1S/C35H41N5O7S/c1-34(2,3)47-33(45)38-25-13-8-6-4-5-7-11-21-19-35(21,32(43)44)39-30(41)27-17-22(20-40(27)31(25)42)46-28-18-26(23-12-9-10-15-36-23)37-24-14-16-48-29(24)28/h7,9-12,14-16,18,21-22,25,27H,4-6,8,13,17,19-20H2,1-3H3,(H,38,45)(H,39,41)(H,43,44)/t21-,22-,25+,27+,35-/m1/s1. The van der Waals surface area contributed by atoms with Gasteiger partial charge < -0.3 is 30.1 Å². The average Bonchev–Trinajstić information content (AvgIpc) is 3.33. The highest BCUT2D eigenvalue weighted by Gasteiger charge is 2.61. The monoisotopic (exact) mass is 675 g/mol. The van der Waals surface area contributed by atoms with Gasteiger partial charge in [-0.15, -0.1) is 11.3 Å². The van der Waals surface area contributed by atoms with Crippen molar-refractivity contribution in [2.24, 2.45) is 5.92 Å². The van der Waals surface area contributed by atoms with Gasteiger partial charge in [-0.05, 0) is 70.0 Å². The molecule has 3 aromatic heterocycles. The molecule has 3 aromatic rings. The van der Waals surface area contributed by atoms with Gasteiger partial charge in [0.1, 0.15) is 35.1 Å². The van der Waals surface area contributed by atoms with E-state index in [1.807, 2.05) is 47.9 Å². The van der Waals surface area contributed by atoms with Crippen LogP contribution in [0.1, 0.15) is 65.7 Å². The molecule has 3 aliphatic rings. The second-order valence-electron chi connectivity index (χ2n) is 13.7. The van der Waals surface area contributed by atoms with Gasteiger partial charge in [-0.25, -0.2) is 14.6 Å². The number of fused-ring (bicyclic) bond motifs is 3. The number of carbonyl (C=O) groups is 4. The number of carbonyl (C=O) groups excluding carboxylic acids is 3. The molecule has 2 fully saturated rings. The van der Waals surface area contributed by atoms with Crippen molar-refractivity contribution < 1.29 is 33.8 Å². The molecule has 1 saturated heterocycles. The number of aromatic nitrogens is 2. The minimum Gasteiger partial charge on any atom is -0.487 e. The number of carboxylic acid groups (broad SMARTS) is 1. The van der Waals surface area contributed by atoms with Gasteiger partial charge in [0.2, 0.25) is 11.8 Å². The summed E-state index contributed by atoms with van der Waals surface area (Å²) in [6.45, 7) is 5.29. The number of nitrogens with one attached hydrogen (secondary N) is 2. The van der Waals surface area contributed by atoms with Gasteiger partial charge in [0.25, 0.3) is 0 Å². The van der Waals surface area contributed by atoms with Gasteiger partial charge in [-0.1, -0.05) is 31.1 Å². The number of aliphatic carboxylic acids is 1. The lowest BCUT2D eigenvalue weighted by Gasteiger charge is -2.30. The number of rotatable bonds is 5. The first kappa shape index (κ1) is 33.4. The molecule has 0 bridgehead atoms. The third-order valence-electron chi connectivity index (χ3n) is 8.91. The second kappa shape index (κ2) is 13.5. The van der Waals surface area contributed by atoms with Gasteiger partial charge >= 0.3 is 12.1 Å². The largest absolute Gasteiger partial charge is 0.487 e. The molecule has 1 aliphatic carbocycles. The van der Waals surface area contributed by atoms with E-state index in [0.717, 1.165) is 29.5 Å². The third-order valence-corrected chi connectivity index (χ3v) is 9.83. The van der Waals surface area contributed by atoms with Crippen LogP contribution in [0.3, 0.4) is 0 Å². The van der Waals surface area contributed by atoms with Crippen molar-refractivity contribution in [1.82, 2.24) is 25.5 Å². The number of pyridine rings is 2. The van der Waals surface area contributed by atoms with E-state index in [4.69, 9.17) is 14.5 Å². The molecule has 48 heavy (non-hydrogen) atoms.